The van der Waals surface area contributed by atoms with Gasteiger partial charge in [-0.15, -0.1) is 0 Å². The molecule has 2 rings (SSSR count). The van der Waals surface area contributed by atoms with Gasteiger partial charge in [-0.1, -0.05) is 23.7 Å². The van der Waals surface area contributed by atoms with E-state index in [4.69, 9.17) is 26.8 Å². The molecule has 1 heterocycles. The van der Waals surface area contributed by atoms with Crippen LogP contribution in [-0.4, -0.2) is 25.1 Å². The minimum atomic E-state index is -0.539. The zero-order valence-corrected chi connectivity index (χ0v) is 12.3. The van der Waals surface area contributed by atoms with Crippen molar-refractivity contribution >= 4 is 17.5 Å². The molecule has 0 atom stereocenters. The zero-order chi connectivity index (χ0) is 15.4. The number of amides is 1. The molecule has 0 saturated carbocycles. The molecule has 2 aromatic rings. The molecule has 0 aliphatic heterocycles. The number of hydrogen-bond acceptors (Lipinski definition) is 4. The zero-order valence-electron chi connectivity index (χ0n) is 11.6. The van der Waals surface area contributed by atoms with E-state index in [1.165, 1.54) is 26.8 Å². The van der Waals surface area contributed by atoms with Crippen LogP contribution in [0, 0.1) is 6.42 Å². The highest BCUT2D eigenvalue weighted by molar-refractivity contribution is 6.30. The Balaban J connectivity index is 2.50. The number of halogens is 1. The number of aromatic nitrogens is 1. The summed E-state index contributed by atoms with van der Waals surface area (Å²) in [5, 5.41) is 0.498. The van der Waals surface area contributed by atoms with Gasteiger partial charge in [0, 0.05) is 17.3 Å². The van der Waals surface area contributed by atoms with Gasteiger partial charge in [-0.25, -0.2) is 4.98 Å². The fraction of sp³-hybridized carbons (Fsp3) is 0.133. The van der Waals surface area contributed by atoms with Crippen LogP contribution in [0.2, 0.25) is 5.02 Å². The van der Waals surface area contributed by atoms with Crippen molar-refractivity contribution in [2.24, 2.45) is 5.73 Å². The van der Waals surface area contributed by atoms with Crippen LogP contribution in [0.5, 0.6) is 11.6 Å². The van der Waals surface area contributed by atoms with Gasteiger partial charge in [0.15, 0.2) is 0 Å². The van der Waals surface area contributed by atoms with Gasteiger partial charge in [0.2, 0.25) is 11.8 Å². The molecule has 0 unspecified atom stereocenters. The molecule has 1 aromatic carbocycles. The van der Waals surface area contributed by atoms with Crippen LogP contribution in [0.4, 0.5) is 0 Å². The van der Waals surface area contributed by atoms with Crippen LogP contribution in [0.25, 0.3) is 11.1 Å². The number of rotatable bonds is 5. The molecule has 0 aliphatic carbocycles. The molecule has 1 aromatic heterocycles. The number of methoxy groups -OCH3 is 2. The van der Waals surface area contributed by atoms with E-state index in [2.05, 4.69) is 4.98 Å². The number of nitrogens with two attached hydrogens (primary N) is 1. The summed E-state index contributed by atoms with van der Waals surface area (Å²) in [5.74, 6) is 0.435. The molecule has 1 radical (unpaired) electrons. The summed E-state index contributed by atoms with van der Waals surface area (Å²) in [6.07, 6.45) is 2.81. The molecular formula is C15H14ClN2O3. The first-order valence-corrected chi connectivity index (χ1v) is 6.45. The van der Waals surface area contributed by atoms with Crippen LogP contribution in [0.15, 0.2) is 30.5 Å². The smallest absolute Gasteiger partial charge is 0.226 e. The van der Waals surface area contributed by atoms with Gasteiger partial charge in [0.05, 0.1) is 25.7 Å². The molecule has 5 nitrogen and oxygen atoms in total. The Labute approximate surface area is 127 Å². The molecule has 0 fully saturated rings. The Hall–Kier alpha value is -2.27. The van der Waals surface area contributed by atoms with Gasteiger partial charge < -0.3 is 15.2 Å². The first-order valence-electron chi connectivity index (χ1n) is 6.07. The van der Waals surface area contributed by atoms with Gasteiger partial charge in [0.1, 0.15) is 5.75 Å². The molecule has 21 heavy (non-hydrogen) atoms. The van der Waals surface area contributed by atoms with E-state index in [1.54, 1.807) is 18.2 Å². The minimum Gasteiger partial charge on any atom is -0.496 e. The van der Waals surface area contributed by atoms with E-state index < -0.39 is 5.91 Å². The van der Waals surface area contributed by atoms with Crippen molar-refractivity contribution in [2.45, 2.75) is 0 Å². The third-order valence-corrected chi connectivity index (χ3v) is 3.06. The van der Waals surface area contributed by atoms with Crippen LogP contribution in [0.1, 0.15) is 5.56 Å². The number of carbonyl (C=O) groups is 1. The summed E-state index contributed by atoms with van der Waals surface area (Å²) in [7, 11) is 3.05. The fourth-order valence-corrected chi connectivity index (χ4v) is 2.11. The maximum Gasteiger partial charge on any atom is 0.226 e. The predicted octanol–water partition coefficient (Wildman–Crippen LogP) is 2.46. The number of benzene rings is 1. The summed E-state index contributed by atoms with van der Waals surface area (Å²) < 4.78 is 10.5. The topological polar surface area (TPSA) is 74.4 Å². The number of primary amides is 1. The Morgan fingerprint density at radius 3 is 2.67 bits per heavy atom. The Morgan fingerprint density at radius 2 is 2.05 bits per heavy atom. The van der Waals surface area contributed by atoms with Crippen molar-refractivity contribution in [3.63, 3.8) is 0 Å². The molecule has 1 amide bonds. The normalized spacial score (nSPS) is 10.2. The molecule has 0 aliphatic rings. The average molecular weight is 306 g/mol. The number of nitrogens with zero attached hydrogens (tertiary/aromatic N) is 1. The van der Waals surface area contributed by atoms with Gasteiger partial charge in [0.25, 0.3) is 0 Å². The highest BCUT2D eigenvalue weighted by Gasteiger charge is 2.13. The largest absolute Gasteiger partial charge is 0.496 e. The summed E-state index contributed by atoms with van der Waals surface area (Å²) in [6, 6.07) is 7.07. The molecule has 2 N–H and O–H groups in total. The number of carbonyl (C=O) groups excluding carboxylic acids is 1. The highest BCUT2D eigenvalue weighted by Crippen LogP contribution is 2.34. The van der Waals surface area contributed by atoms with E-state index >= 15 is 0 Å². The van der Waals surface area contributed by atoms with E-state index in [-0.39, 0.29) is 0 Å². The molecular weight excluding hydrogens is 292 g/mol. The lowest BCUT2D eigenvalue weighted by Crippen LogP contribution is -2.12. The summed E-state index contributed by atoms with van der Waals surface area (Å²) >= 11 is 5.98. The van der Waals surface area contributed by atoms with Crippen molar-refractivity contribution in [3.05, 3.63) is 47.5 Å². The lowest BCUT2D eigenvalue weighted by molar-refractivity contribution is -0.114. The number of hydrogen-bond donors (Lipinski definition) is 1. The number of ether oxygens (including phenoxy) is 2. The van der Waals surface area contributed by atoms with Crippen molar-refractivity contribution in [3.8, 4) is 22.8 Å². The van der Waals surface area contributed by atoms with Crippen LogP contribution < -0.4 is 15.2 Å². The second-order valence-corrected chi connectivity index (χ2v) is 4.65. The SMILES string of the molecule is COc1cc(-c2cc(Cl)cnc2OC)ccc1[CH]C(N)=O. The van der Waals surface area contributed by atoms with Crippen molar-refractivity contribution in [1.82, 2.24) is 4.98 Å². The second kappa shape index (κ2) is 6.45. The molecule has 0 saturated heterocycles. The van der Waals surface area contributed by atoms with E-state index in [0.717, 1.165) is 11.1 Å². The quantitative estimate of drug-likeness (QED) is 0.920. The Morgan fingerprint density at radius 1 is 1.29 bits per heavy atom. The molecule has 6 heteroatoms. The third kappa shape index (κ3) is 3.44. The maximum atomic E-state index is 11.0. The van der Waals surface area contributed by atoms with Crippen LogP contribution in [0.3, 0.4) is 0 Å². The standard InChI is InChI=1S/C15H14ClN2O3/c1-20-13-5-9(3-4-10(13)6-14(17)19)12-7-11(16)8-18-15(12)21-2/h3-8H,1-2H3,(H2,17,19). The molecule has 109 valence electrons. The fourth-order valence-electron chi connectivity index (χ4n) is 1.95. The number of pyridine rings is 1. The first kappa shape index (κ1) is 15.1. The third-order valence-electron chi connectivity index (χ3n) is 2.85. The molecule has 0 spiro atoms. The molecule has 0 bridgehead atoms. The Kier molecular flexibility index (Phi) is 4.65. The first-order chi connectivity index (χ1) is 10.0. The average Bonchev–Trinajstić information content (AvgIpc) is 2.47. The second-order valence-electron chi connectivity index (χ2n) is 4.21. The summed E-state index contributed by atoms with van der Waals surface area (Å²) in [6.45, 7) is 0. The lowest BCUT2D eigenvalue weighted by atomic mass is 10.0. The van der Waals surface area contributed by atoms with Crippen molar-refractivity contribution in [2.75, 3.05) is 14.2 Å². The van der Waals surface area contributed by atoms with Crippen molar-refractivity contribution in [1.29, 1.82) is 0 Å². The van der Waals surface area contributed by atoms with Crippen LogP contribution in [-0.2, 0) is 4.79 Å². The van der Waals surface area contributed by atoms with Crippen molar-refractivity contribution < 1.29 is 14.3 Å². The van der Waals surface area contributed by atoms with Gasteiger partial charge >= 0.3 is 0 Å². The highest BCUT2D eigenvalue weighted by atomic mass is 35.5. The van der Waals surface area contributed by atoms with Gasteiger partial charge in [-0.3, -0.25) is 4.79 Å². The minimum absolute atomic E-state index is 0.452. The van der Waals surface area contributed by atoms with Gasteiger partial charge in [-0.2, -0.15) is 0 Å². The van der Waals surface area contributed by atoms with E-state index in [9.17, 15) is 4.79 Å². The monoisotopic (exact) mass is 305 g/mol. The summed E-state index contributed by atoms with van der Waals surface area (Å²) in [4.78, 5) is 15.1. The predicted molar refractivity (Wildman–Crippen MR) is 80.4 cm³/mol. The van der Waals surface area contributed by atoms with E-state index in [1.807, 2.05) is 6.07 Å². The maximum absolute atomic E-state index is 11.0. The van der Waals surface area contributed by atoms with Gasteiger partial charge in [-0.05, 0) is 17.7 Å². The summed E-state index contributed by atoms with van der Waals surface area (Å²) in [5.41, 5.74) is 7.30. The van der Waals surface area contributed by atoms with Crippen LogP contribution >= 0.6 is 11.6 Å². The Bertz CT molecular complexity index is 674. The van der Waals surface area contributed by atoms with E-state index in [0.29, 0.717) is 22.2 Å². The lowest BCUT2D eigenvalue weighted by Gasteiger charge is -2.12.